The van der Waals surface area contributed by atoms with Gasteiger partial charge in [0, 0.05) is 59.5 Å². The van der Waals surface area contributed by atoms with Gasteiger partial charge >= 0.3 is 0 Å². The molecule has 8 nitrogen and oxygen atoms in total. The first kappa shape index (κ1) is 23.2. The van der Waals surface area contributed by atoms with Crippen LogP contribution in [0.2, 0.25) is 0 Å². The van der Waals surface area contributed by atoms with E-state index >= 15 is 0 Å². The number of rotatable bonds is 9. The molecule has 8 heteroatoms. The van der Waals surface area contributed by atoms with E-state index < -0.39 is 0 Å². The van der Waals surface area contributed by atoms with Crippen LogP contribution in [0, 0.1) is 6.92 Å². The lowest BCUT2D eigenvalue weighted by Gasteiger charge is -2.40. The number of hydrogen-bond acceptors (Lipinski definition) is 5. The van der Waals surface area contributed by atoms with Gasteiger partial charge in [0.05, 0.1) is 0 Å². The summed E-state index contributed by atoms with van der Waals surface area (Å²) in [6, 6.07) is 11.3. The van der Waals surface area contributed by atoms with Gasteiger partial charge in [-0.05, 0) is 25.3 Å². The lowest BCUT2D eigenvalue weighted by molar-refractivity contribution is 0.126. The third-order valence-electron chi connectivity index (χ3n) is 5.99. The summed E-state index contributed by atoms with van der Waals surface area (Å²) in [6.45, 7) is 10.3. The van der Waals surface area contributed by atoms with Crippen LogP contribution in [0.15, 0.2) is 35.3 Å². The smallest absolute Gasteiger partial charge is 0.194 e. The molecule has 0 radical (unpaired) electrons. The van der Waals surface area contributed by atoms with Gasteiger partial charge in [-0.3, -0.25) is 4.90 Å². The summed E-state index contributed by atoms with van der Waals surface area (Å²) in [4.78, 5) is 9.85. The van der Waals surface area contributed by atoms with Crippen molar-refractivity contribution < 1.29 is 4.74 Å². The largest absolute Gasteiger partial charge is 0.385 e. The standard InChI is InChI=1S/C23H37N7O/c1-5-21(20-10-7-6-8-11-20)29-13-15-30(16-14-29)23(24-12-9-17-31-4)25-18-22-27-26-19(2)28(22)3/h6-8,10-11,21H,5,9,12-18H2,1-4H3,(H,24,25). The zero-order chi connectivity index (χ0) is 22.1. The first-order valence-electron chi connectivity index (χ1n) is 11.3. The molecule has 0 spiro atoms. The number of ether oxygens (including phenoxy) is 1. The fourth-order valence-electron chi connectivity index (χ4n) is 4.04. The van der Waals surface area contributed by atoms with E-state index in [-0.39, 0.29) is 0 Å². The van der Waals surface area contributed by atoms with Crippen LogP contribution in [0.1, 0.15) is 43.0 Å². The van der Waals surface area contributed by atoms with Gasteiger partial charge in [-0.1, -0.05) is 37.3 Å². The summed E-state index contributed by atoms with van der Waals surface area (Å²) in [6.07, 6.45) is 2.07. The Kier molecular flexibility index (Phi) is 8.85. The third-order valence-corrected chi connectivity index (χ3v) is 5.99. The van der Waals surface area contributed by atoms with Crippen LogP contribution >= 0.6 is 0 Å². The Balaban J connectivity index is 1.64. The maximum Gasteiger partial charge on any atom is 0.194 e. The molecule has 2 heterocycles. The predicted molar refractivity (Wildman–Crippen MR) is 124 cm³/mol. The summed E-state index contributed by atoms with van der Waals surface area (Å²) in [5.41, 5.74) is 1.41. The second-order valence-electron chi connectivity index (χ2n) is 7.99. The lowest BCUT2D eigenvalue weighted by atomic mass is 10.0. The Morgan fingerprint density at radius 1 is 1.16 bits per heavy atom. The molecule has 1 aliphatic heterocycles. The second kappa shape index (κ2) is 11.8. The summed E-state index contributed by atoms with van der Waals surface area (Å²) in [7, 11) is 3.72. The SMILES string of the molecule is CCC(c1ccccc1)N1CCN(C(=NCc2nnc(C)n2C)NCCCOC)CC1. The fraction of sp³-hybridized carbons (Fsp3) is 0.609. The summed E-state index contributed by atoms with van der Waals surface area (Å²) in [5.74, 6) is 2.73. The molecule has 170 valence electrons. The highest BCUT2D eigenvalue weighted by atomic mass is 16.5. The molecule has 3 rings (SSSR count). The van der Waals surface area contributed by atoms with E-state index in [1.54, 1.807) is 7.11 Å². The molecule has 1 saturated heterocycles. The number of hydrogen-bond donors (Lipinski definition) is 1. The molecule has 1 aromatic heterocycles. The number of aromatic nitrogens is 3. The highest BCUT2D eigenvalue weighted by Gasteiger charge is 2.25. The zero-order valence-electron chi connectivity index (χ0n) is 19.4. The monoisotopic (exact) mass is 427 g/mol. The predicted octanol–water partition coefficient (Wildman–Crippen LogP) is 2.37. The molecule has 1 aromatic carbocycles. The first-order valence-corrected chi connectivity index (χ1v) is 11.3. The highest BCUT2D eigenvalue weighted by molar-refractivity contribution is 5.80. The molecule has 0 saturated carbocycles. The number of guanidine groups is 1. The molecule has 0 amide bonds. The van der Waals surface area contributed by atoms with Crippen molar-refractivity contribution in [3.63, 3.8) is 0 Å². The van der Waals surface area contributed by atoms with E-state index in [4.69, 9.17) is 9.73 Å². The fourth-order valence-corrected chi connectivity index (χ4v) is 4.04. The van der Waals surface area contributed by atoms with Crippen LogP contribution in [-0.4, -0.2) is 77.0 Å². The van der Waals surface area contributed by atoms with Gasteiger partial charge in [0.15, 0.2) is 11.8 Å². The number of benzene rings is 1. The van der Waals surface area contributed by atoms with E-state index in [1.807, 2.05) is 18.5 Å². The van der Waals surface area contributed by atoms with Crippen molar-refractivity contribution in [2.24, 2.45) is 12.0 Å². The van der Waals surface area contributed by atoms with Crippen LogP contribution in [-0.2, 0) is 18.3 Å². The van der Waals surface area contributed by atoms with Crippen molar-refractivity contribution >= 4 is 5.96 Å². The van der Waals surface area contributed by atoms with Crippen molar-refractivity contribution in [2.45, 2.75) is 39.3 Å². The number of methoxy groups -OCH3 is 1. The van der Waals surface area contributed by atoms with Crippen LogP contribution in [0.25, 0.3) is 0 Å². The summed E-state index contributed by atoms with van der Waals surface area (Å²) in [5, 5.41) is 11.9. The first-order chi connectivity index (χ1) is 15.1. The maximum atomic E-state index is 5.19. The van der Waals surface area contributed by atoms with E-state index in [1.165, 1.54) is 5.56 Å². The molecular weight excluding hydrogens is 390 g/mol. The van der Waals surface area contributed by atoms with Crippen LogP contribution in [0.5, 0.6) is 0 Å². The van der Waals surface area contributed by atoms with Crippen molar-refractivity contribution in [1.29, 1.82) is 0 Å². The van der Waals surface area contributed by atoms with Gasteiger partial charge in [-0.2, -0.15) is 0 Å². The van der Waals surface area contributed by atoms with Gasteiger partial charge in [0.25, 0.3) is 0 Å². The average Bonchev–Trinajstić information content (AvgIpc) is 3.13. The van der Waals surface area contributed by atoms with Crippen LogP contribution < -0.4 is 5.32 Å². The lowest BCUT2D eigenvalue weighted by Crippen LogP contribution is -2.53. The summed E-state index contributed by atoms with van der Waals surface area (Å²) >= 11 is 0. The van der Waals surface area contributed by atoms with Crippen LogP contribution in [0.3, 0.4) is 0 Å². The van der Waals surface area contributed by atoms with Gasteiger partial charge < -0.3 is 19.5 Å². The van der Waals surface area contributed by atoms with Gasteiger partial charge in [-0.15, -0.1) is 10.2 Å². The van der Waals surface area contributed by atoms with Gasteiger partial charge in [-0.25, -0.2) is 4.99 Å². The minimum atomic E-state index is 0.472. The number of nitrogens with one attached hydrogen (secondary N) is 1. The highest BCUT2D eigenvalue weighted by Crippen LogP contribution is 2.25. The normalized spacial score (nSPS) is 16.5. The molecule has 2 aromatic rings. The Morgan fingerprint density at radius 3 is 2.52 bits per heavy atom. The van der Waals surface area contributed by atoms with E-state index in [0.717, 1.165) is 69.8 Å². The second-order valence-corrected chi connectivity index (χ2v) is 7.99. The Labute approximate surface area is 186 Å². The van der Waals surface area contributed by atoms with E-state index in [0.29, 0.717) is 12.6 Å². The molecule has 1 atom stereocenters. The van der Waals surface area contributed by atoms with E-state index in [2.05, 4.69) is 62.6 Å². The minimum absolute atomic E-state index is 0.472. The number of nitrogens with zero attached hydrogens (tertiary/aromatic N) is 6. The molecule has 1 N–H and O–H groups in total. The molecule has 1 fully saturated rings. The van der Waals surface area contributed by atoms with Crippen molar-refractivity contribution in [3.05, 3.63) is 47.5 Å². The number of aryl methyl sites for hydroxylation is 1. The third kappa shape index (κ3) is 6.27. The molecular formula is C23H37N7O. The Bertz CT molecular complexity index is 813. The van der Waals surface area contributed by atoms with Crippen molar-refractivity contribution in [3.8, 4) is 0 Å². The molecule has 31 heavy (non-hydrogen) atoms. The quantitative estimate of drug-likeness (QED) is 0.376. The Hall–Kier alpha value is -2.45. The molecule has 1 aliphatic rings. The van der Waals surface area contributed by atoms with Crippen molar-refractivity contribution in [1.82, 2.24) is 29.9 Å². The topological polar surface area (TPSA) is 70.8 Å². The number of piperazine rings is 1. The molecule has 0 bridgehead atoms. The number of aliphatic imine (C=N–C) groups is 1. The van der Waals surface area contributed by atoms with Crippen LogP contribution in [0.4, 0.5) is 0 Å². The molecule has 0 aliphatic carbocycles. The van der Waals surface area contributed by atoms with Crippen molar-refractivity contribution in [2.75, 3.05) is 46.4 Å². The van der Waals surface area contributed by atoms with E-state index in [9.17, 15) is 0 Å². The minimum Gasteiger partial charge on any atom is -0.385 e. The Morgan fingerprint density at radius 2 is 1.90 bits per heavy atom. The summed E-state index contributed by atoms with van der Waals surface area (Å²) < 4.78 is 7.19. The van der Waals surface area contributed by atoms with Gasteiger partial charge in [0.2, 0.25) is 0 Å². The average molecular weight is 428 g/mol. The maximum absolute atomic E-state index is 5.19. The zero-order valence-corrected chi connectivity index (χ0v) is 19.4. The van der Waals surface area contributed by atoms with Gasteiger partial charge in [0.1, 0.15) is 12.4 Å². The molecule has 1 unspecified atom stereocenters.